The molecule has 1 aromatic carbocycles. The lowest BCUT2D eigenvalue weighted by Crippen LogP contribution is -2.02. The molecular weight excluding hydrogens is 248 g/mol. The third-order valence-electron chi connectivity index (χ3n) is 1.68. The highest BCUT2D eigenvalue weighted by Crippen LogP contribution is 2.19. The summed E-state index contributed by atoms with van der Waals surface area (Å²) in [5.74, 6) is 0.178. The summed E-state index contributed by atoms with van der Waals surface area (Å²) in [6, 6.07) is 7.38. The van der Waals surface area contributed by atoms with Crippen LogP contribution in [0.3, 0.4) is 0 Å². The quantitative estimate of drug-likeness (QED) is 0.755. The zero-order chi connectivity index (χ0) is 9.97. The number of halogens is 1. The van der Waals surface area contributed by atoms with Gasteiger partial charge in [-0.05, 0) is 38.5 Å². The van der Waals surface area contributed by atoms with Crippen LogP contribution in [0.2, 0.25) is 0 Å². The number of hydrogen-bond acceptors (Lipinski definition) is 4. The van der Waals surface area contributed by atoms with E-state index >= 15 is 0 Å². The molecule has 0 fully saturated rings. The number of tetrazole rings is 1. The summed E-state index contributed by atoms with van der Waals surface area (Å²) in [4.78, 5) is 10.6. The number of para-hydroxylation sites is 1. The Labute approximate surface area is 87.9 Å². The number of hydrogen-bond donors (Lipinski definition) is 0. The van der Waals surface area contributed by atoms with Crippen molar-refractivity contribution in [2.24, 2.45) is 0 Å². The van der Waals surface area contributed by atoms with Crippen LogP contribution in [0.4, 0.5) is 0 Å². The summed E-state index contributed by atoms with van der Waals surface area (Å²) in [6.07, 6.45) is 0.611. The van der Waals surface area contributed by atoms with Crippen molar-refractivity contribution in [1.82, 2.24) is 20.2 Å². The second kappa shape index (κ2) is 3.67. The maximum Gasteiger partial charge on any atom is 0.219 e. The van der Waals surface area contributed by atoms with Gasteiger partial charge in [0.25, 0.3) is 0 Å². The van der Waals surface area contributed by atoms with Crippen molar-refractivity contribution in [3.8, 4) is 5.69 Å². The van der Waals surface area contributed by atoms with Crippen LogP contribution in [0.25, 0.3) is 5.69 Å². The molecule has 0 aliphatic rings. The lowest BCUT2D eigenvalue weighted by Gasteiger charge is -2.02. The van der Waals surface area contributed by atoms with Crippen molar-refractivity contribution in [2.75, 3.05) is 0 Å². The molecule has 0 bridgehead atoms. The number of carbonyl (C=O) groups excluding carboxylic acids is 1. The normalized spacial score (nSPS) is 10.1. The van der Waals surface area contributed by atoms with Crippen molar-refractivity contribution in [1.29, 1.82) is 0 Å². The minimum Gasteiger partial charge on any atom is -0.294 e. The van der Waals surface area contributed by atoms with Gasteiger partial charge in [-0.3, -0.25) is 4.79 Å². The van der Waals surface area contributed by atoms with Crippen LogP contribution in [-0.4, -0.2) is 26.5 Å². The average molecular weight is 253 g/mol. The predicted octanol–water partition coefficient (Wildman–Crippen LogP) is 1.24. The minimum atomic E-state index is 0.178. The number of carbonyl (C=O) groups is 1. The Balaban J connectivity index is 2.60. The van der Waals surface area contributed by atoms with Crippen LogP contribution in [-0.2, 0) is 0 Å². The summed E-state index contributed by atoms with van der Waals surface area (Å²) < 4.78 is 2.20. The monoisotopic (exact) mass is 252 g/mol. The van der Waals surface area contributed by atoms with Gasteiger partial charge in [-0.2, -0.15) is 4.68 Å². The molecule has 0 radical (unpaired) electrons. The van der Waals surface area contributed by atoms with Gasteiger partial charge in [0.2, 0.25) is 5.82 Å². The molecule has 0 spiro atoms. The molecule has 1 aromatic heterocycles. The first-order valence-electron chi connectivity index (χ1n) is 3.81. The van der Waals surface area contributed by atoms with Crippen LogP contribution in [0, 0.1) is 0 Å². The molecule has 5 nitrogen and oxygen atoms in total. The van der Waals surface area contributed by atoms with Crippen molar-refractivity contribution in [2.45, 2.75) is 0 Å². The Morgan fingerprint density at radius 3 is 2.86 bits per heavy atom. The van der Waals surface area contributed by atoms with Crippen LogP contribution in [0.15, 0.2) is 28.7 Å². The number of nitrogens with zero attached hydrogens (tertiary/aromatic N) is 4. The summed E-state index contributed by atoms with van der Waals surface area (Å²) >= 11 is 3.35. The highest BCUT2D eigenvalue weighted by atomic mass is 79.9. The van der Waals surface area contributed by atoms with E-state index in [-0.39, 0.29) is 5.82 Å². The van der Waals surface area contributed by atoms with Crippen molar-refractivity contribution in [3.63, 3.8) is 0 Å². The Bertz CT molecular complexity index is 468. The van der Waals surface area contributed by atoms with Gasteiger partial charge >= 0.3 is 0 Å². The molecule has 14 heavy (non-hydrogen) atoms. The topological polar surface area (TPSA) is 60.7 Å². The first-order valence-corrected chi connectivity index (χ1v) is 4.60. The third kappa shape index (κ3) is 1.44. The minimum absolute atomic E-state index is 0.178. The fraction of sp³-hybridized carbons (Fsp3) is 0. The molecule has 0 aliphatic heterocycles. The molecule has 0 atom stereocenters. The molecule has 70 valence electrons. The van der Waals surface area contributed by atoms with E-state index in [1.54, 1.807) is 0 Å². The van der Waals surface area contributed by atoms with E-state index in [4.69, 9.17) is 0 Å². The standard InChI is InChI=1S/C8H5BrN4O/c9-6-3-1-2-4-7(6)13-8(5-14)10-11-12-13/h1-5H. The number of benzene rings is 1. The van der Waals surface area contributed by atoms with Gasteiger partial charge in [-0.1, -0.05) is 12.1 Å². The van der Waals surface area contributed by atoms with Crippen molar-refractivity contribution in [3.05, 3.63) is 34.6 Å². The van der Waals surface area contributed by atoms with Gasteiger partial charge in [0, 0.05) is 4.47 Å². The number of aldehydes is 1. The molecule has 1 heterocycles. The summed E-state index contributed by atoms with van der Waals surface area (Å²) in [6.45, 7) is 0. The van der Waals surface area contributed by atoms with Gasteiger partial charge in [0.1, 0.15) is 0 Å². The van der Waals surface area contributed by atoms with E-state index in [2.05, 4.69) is 31.5 Å². The van der Waals surface area contributed by atoms with E-state index < -0.39 is 0 Å². The fourth-order valence-electron chi connectivity index (χ4n) is 1.06. The van der Waals surface area contributed by atoms with E-state index in [0.717, 1.165) is 10.2 Å². The summed E-state index contributed by atoms with van der Waals surface area (Å²) in [5.41, 5.74) is 0.736. The van der Waals surface area contributed by atoms with E-state index in [0.29, 0.717) is 6.29 Å². The summed E-state index contributed by atoms with van der Waals surface area (Å²) in [5, 5.41) is 10.7. The number of rotatable bonds is 2. The molecule has 0 aliphatic carbocycles. The first-order chi connectivity index (χ1) is 6.83. The molecule has 2 aromatic rings. The molecule has 0 amide bonds. The summed E-state index contributed by atoms with van der Waals surface area (Å²) in [7, 11) is 0. The highest BCUT2D eigenvalue weighted by molar-refractivity contribution is 9.10. The SMILES string of the molecule is O=Cc1nnnn1-c1ccccc1Br. The Morgan fingerprint density at radius 2 is 2.14 bits per heavy atom. The largest absolute Gasteiger partial charge is 0.294 e. The zero-order valence-corrected chi connectivity index (χ0v) is 8.55. The smallest absolute Gasteiger partial charge is 0.219 e. The van der Waals surface area contributed by atoms with Crippen LogP contribution in [0.1, 0.15) is 10.6 Å². The predicted molar refractivity (Wildman–Crippen MR) is 52.2 cm³/mol. The first kappa shape index (κ1) is 9.01. The van der Waals surface area contributed by atoms with Crippen molar-refractivity contribution < 1.29 is 4.79 Å². The Hall–Kier alpha value is -1.56. The molecule has 0 unspecified atom stereocenters. The third-order valence-corrected chi connectivity index (χ3v) is 2.35. The molecule has 0 N–H and O–H groups in total. The average Bonchev–Trinajstić information content (AvgIpc) is 2.66. The van der Waals surface area contributed by atoms with E-state index in [1.807, 2.05) is 24.3 Å². The highest BCUT2D eigenvalue weighted by Gasteiger charge is 2.08. The van der Waals surface area contributed by atoms with Gasteiger partial charge in [0.05, 0.1) is 5.69 Å². The second-order valence-corrected chi connectivity index (χ2v) is 3.37. The van der Waals surface area contributed by atoms with Crippen LogP contribution >= 0.6 is 15.9 Å². The van der Waals surface area contributed by atoms with Gasteiger partial charge in [-0.15, -0.1) is 5.10 Å². The molecule has 0 saturated carbocycles. The molecule has 2 rings (SSSR count). The molecule has 0 saturated heterocycles. The van der Waals surface area contributed by atoms with Crippen LogP contribution in [0.5, 0.6) is 0 Å². The lowest BCUT2D eigenvalue weighted by molar-refractivity contribution is 0.111. The van der Waals surface area contributed by atoms with E-state index in [1.165, 1.54) is 4.68 Å². The number of aromatic nitrogens is 4. The van der Waals surface area contributed by atoms with Gasteiger partial charge in [-0.25, -0.2) is 0 Å². The molecular formula is C8H5BrN4O. The van der Waals surface area contributed by atoms with Gasteiger partial charge in [0.15, 0.2) is 6.29 Å². The van der Waals surface area contributed by atoms with Crippen LogP contribution < -0.4 is 0 Å². The lowest BCUT2D eigenvalue weighted by atomic mass is 10.3. The fourth-order valence-corrected chi connectivity index (χ4v) is 1.52. The van der Waals surface area contributed by atoms with E-state index in [9.17, 15) is 4.79 Å². The molecule has 6 heteroatoms. The Morgan fingerprint density at radius 1 is 1.36 bits per heavy atom. The second-order valence-electron chi connectivity index (χ2n) is 2.52. The maximum atomic E-state index is 10.6. The maximum absolute atomic E-state index is 10.6. The zero-order valence-electron chi connectivity index (χ0n) is 6.96. The van der Waals surface area contributed by atoms with Gasteiger partial charge < -0.3 is 0 Å². The van der Waals surface area contributed by atoms with Crippen molar-refractivity contribution >= 4 is 22.2 Å². The Kier molecular flexibility index (Phi) is 2.36.